The van der Waals surface area contributed by atoms with Gasteiger partial charge in [-0.3, -0.25) is 0 Å². The highest BCUT2D eigenvalue weighted by molar-refractivity contribution is 9.09. The molecule has 1 atom stereocenters. The summed E-state index contributed by atoms with van der Waals surface area (Å²) in [6, 6.07) is 0. The first-order valence-corrected chi connectivity index (χ1v) is 3.26. The van der Waals surface area contributed by atoms with Crippen LogP contribution in [0.4, 0.5) is 0 Å². The largest absolute Gasteiger partial charge is 0.303 e. The Bertz CT molecular complexity index is 82.5. The quantitative estimate of drug-likeness (QED) is 0.475. The highest BCUT2D eigenvalue weighted by Gasteiger charge is 1.97. The molecular weight excluding hydrogens is 172 g/mol. The molecular formula is C5H7BrO2. The van der Waals surface area contributed by atoms with Gasteiger partial charge in [-0.05, 0) is 6.42 Å². The van der Waals surface area contributed by atoms with E-state index in [1.54, 1.807) is 0 Å². The van der Waals surface area contributed by atoms with Crippen LogP contribution in [-0.2, 0) is 9.59 Å². The highest BCUT2D eigenvalue weighted by atomic mass is 79.9. The molecule has 0 aromatic rings. The van der Waals surface area contributed by atoms with Crippen molar-refractivity contribution in [3.05, 3.63) is 0 Å². The molecule has 0 aliphatic rings. The Hall–Kier alpha value is -0.180. The Morgan fingerprint density at radius 1 is 1.50 bits per heavy atom. The Balaban J connectivity index is 3.09. The van der Waals surface area contributed by atoms with Crippen molar-refractivity contribution in [1.29, 1.82) is 0 Å². The molecule has 0 aromatic carbocycles. The summed E-state index contributed by atoms with van der Waals surface area (Å²) in [7, 11) is 0. The third-order valence-electron chi connectivity index (χ3n) is 0.708. The van der Waals surface area contributed by atoms with Crippen molar-refractivity contribution in [2.75, 3.05) is 0 Å². The summed E-state index contributed by atoms with van der Waals surface area (Å²) in [5.41, 5.74) is 0. The number of carbonyl (C=O) groups is 2. The molecule has 0 N–H and O–H groups in total. The first-order chi connectivity index (χ1) is 3.81. The van der Waals surface area contributed by atoms with Gasteiger partial charge in [-0.2, -0.15) is 0 Å². The molecule has 0 radical (unpaired) electrons. The molecule has 0 saturated carbocycles. The zero-order valence-electron chi connectivity index (χ0n) is 4.34. The van der Waals surface area contributed by atoms with Gasteiger partial charge in [0.15, 0.2) is 0 Å². The maximum atomic E-state index is 9.85. The lowest BCUT2D eigenvalue weighted by atomic mass is 10.3. The van der Waals surface area contributed by atoms with Crippen LogP contribution >= 0.6 is 15.9 Å². The summed E-state index contributed by atoms with van der Waals surface area (Å²) < 4.78 is 0. The Kier molecular flexibility index (Phi) is 4.85. The van der Waals surface area contributed by atoms with E-state index in [0.717, 1.165) is 12.6 Å². The van der Waals surface area contributed by atoms with Gasteiger partial charge < -0.3 is 9.59 Å². The van der Waals surface area contributed by atoms with Gasteiger partial charge in [-0.25, -0.2) is 0 Å². The monoisotopic (exact) mass is 178 g/mol. The van der Waals surface area contributed by atoms with Crippen LogP contribution in [-0.4, -0.2) is 17.4 Å². The van der Waals surface area contributed by atoms with Crippen LogP contribution in [0.2, 0.25) is 0 Å². The minimum Gasteiger partial charge on any atom is -0.303 e. The Labute approximate surface area is 56.4 Å². The molecule has 8 heavy (non-hydrogen) atoms. The second-order valence-electron chi connectivity index (χ2n) is 1.40. The Morgan fingerprint density at radius 2 is 2.12 bits per heavy atom. The van der Waals surface area contributed by atoms with Gasteiger partial charge in [-0.1, -0.05) is 15.9 Å². The van der Waals surface area contributed by atoms with Gasteiger partial charge in [0.2, 0.25) is 0 Å². The lowest BCUT2D eigenvalue weighted by molar-refractivity contribution is -0.108. The summed E-state index contributed by atoms with van der Waals surface area (Å²) >= 11 is 3.05. The highest BCUT2D eigenvalue weighted by Crippen LogP contribution is 2.01. The van der Waals surface area contributed by atoms with Crippen LogP contribution in [0.15, 0.2) is 0 Å². The van der Waals surface area contributed by atoms with Crippen molar-refractivity contribution < 1.29 is 9.59 Å². The SMILES string of the molecule is O=CCCC(Br)C=O. The van der Waals surface area contributed by atoms with Crippen LogP contribution in [0.25, 0.3) is 0 Å². The molecule has 2 nitrogen and oxygen atoms in total. The van der Waals surface area contributed by atoms with Crippen LogP contribution in [0.1, 0.15) is 12.8 Å². The third-order valence-corrected chi connectivity index (χ3v) is 1.38. The van der Waals surface area contributed by atoms with Crippen molar-refractivity contribution in [1.82, 2.24) is 0 Å². The zero-order valence-corrected chi connectivity index (χ0v) is 5.93. The van der Waals surface area contributed by atoms with E-state index in [-0.39, 0.29) is 4.83 Å². The van der Waals surface area contributed by atoms with E-state index in [1.807, 2.05) is 0 Å². The molecule has 1 unspecified atom stereocenters. The molecule has 46 valence electrons. The fraction of sp³-hybridized carbons (Fsp3) is 0.600. The number of carbonyl (C=O) groups excluding carboxylic acids is 2. The molecule has 0 rings (SSSR count). The normalized spacial score (nSPS) is 12.6. The van der Waals surface area contributed by atoms with Crippen molar-refractivity contribution >= 4 is 28.5 Å². The third kappa shape index (κ3) is 3.99. The number of aldehydes is 2. The van der Waals surface area contributed by atoms with Gasteiger partial charge in [0, 0.05) is 6.42 Å². The van der Waals surface area contributed by atoms with E-state index in [4.69, 9.17) is 0 Å². The van der Waals surface area contributed by atoms with E-state index in [9.17, 15) is 9.59 Å². The minimum atomic E-state index is -0.146. The standard InChI is InChI=1S/C5H7BrO2/c6-5(4-8)2-1-3-7/h3-5H,1-2H2. The first kappa shape index (κ1) is 7.82. The maximum absolute atomic E-state index is 9.85. The average molecular weight is 179 g/mol. The maximum Gasteiger partial charge on any atom is 0.133 e. The topological polar surface area (TPSA) is 34.1 Å². The molecule has 0 spiro atoms. The molecule has 0 amide bonds. The van der Waals surface area contributed by atoms with Crippen LogP contribution < -0.4 is 0 Å². The Morgan fingerprint density at radius 3 is 2.50 bits per heavy atom. The first-order valence-electron chi connectivity index (χ1n) is 2.34. The number of alkyl halides is 1. The molecule has 0 aliphatic carbocycles. The second-order valence-corrected chi connectivity index (χ2v) is 2.57. The second kappa shape index (κ2) is 4.97. The van der Waals surface area contributed by atoms with Crippen LogP contribution in [0.5, 0.6) is 0 Å². The lowest BCUT2D eigenvalue weighted by Gasteiger charge is -1.92. The van der Waals surface area contributed by atoms with Crippen molar-refractivity contribution in [2.24, 2.45) is 0 Å². The van der Waals surface area contributed by atoms with E-state index < -0.39 is 0 Å². The molecule has 0 fully saturated rings. The van der Waals surface area contributed by atoms with Gasteiger partial charge in [0.1, 0.15) is 12.6 Å². The molecule has 0 aliphatic heterocycles. The number of halogens is 1. The number of rotatable bonds is 4. The van der Waals surface area contributed by atoms with Gasteiger partial charge in [0.25, 0.3) is 0 Å². The molecule has 0 saturated heterocycles. The number of hydrogen-bond donors (Lipinski definition) is 0. The molecule has 0 aromatic heterocycles. The lowest BCUT2D eigenvalue weighted by Crippen LogP contribution is -1.97. The van der Waals surface area contributed by atoms with Crippen LogP contribution in [0.3, 0.4) is 0 Å². The van der Waals surface area contributed by atoms with Crippen LogP contribution in [0, 0.1) is 0 Å². The van der Waals surface area contributed by atoms with Crippen molar-refractivity contribution in [2.45, 2.75) is 17.7 Å². The summed E-state index contributed by atoms with van der Waals surface area (Å²) in [6.07, 6.45) is 2.64. The fourth-order valence-corrected chi connectivity index (χ4v) is 0.560. The van der Waals surface area contributed by atoms with Crippen molar-refractivity contribution in [3.8, 4) is 0 Å². The summed E-state index contributed by atoms with van der Waals surface area (Å²) in [5, 5.41) is 0. The van der Waals surface area contributed by atoms with E-state index >= 15 is 0 Å². The fourth-order valence-electron chi connectivity index (χ4n) is 0.295. The number of hydrogen-bond acceptors (Lipinski definition) is 2. The van der Waals surface area contributed by atoms with E-state index in [0.29, 0.717) is 12.8 Å². The van der Waals surface area contributed by atoms with E-state index in [2.05, 4.69) is 15.9 Å². The summed E-state index contributed by atoms with van der Waals surface area (Å²) in [5.74, 6) is 0. The average Bonchev–Trinajstić information content (AvgIpc) is 1.83. The van der Waals surface area contributed by atoms with Gasteiger partial charge in [0.05, 0.1) is 4.83 Å². The molecule has 3 heteroatoms. The van der Waals surface area contributed by atoms with Gasteiger partial charge in [-0.15, -0.1) is 0 Å². The summed E-state index contributed by atoms with van der Waals surface area (Å²) in [6.45, 7) is 0. The summed E-state index contributed by atoms with van der Waals surface area (Å²) in [4.78, 5) is 19.4. The predicted octanol–water partition coefficient (Wildman–Crippen LogP) is 0.928. The minimum absolute atomic E-state index is 0.146. The predicted molar refractivity (Wildman–Crippen MR) is 34.1 cm³/mol. The van der Waals surface area contributed by atoms with Crippen molar-refractivity contribution in [3.63, 3.8) is 0 Å². The van der Waals surface area contributed by atoms with E-state index in [1.165, 1.54) is 0 Å². The zero-order chi connectivity index (χ0) is 6.41. The van der Waals surface area contributed by atoms with Gasteiger partial charge >= 0.3 is 0 Å². The molecule has 0 heterocycles. The molecule has 0 bridgehead atoms. The smallest absolute Gasteiger partial charge is 0.133 e.